The number of carbonyl (C=O) groups is 1. The number of benzene rings is 2. The van der Waals surface area contributed by atoms with E-state index >= 15 is 0 Å². The van der Waals surface area contributed by atoms with Crippen LogP contribution < -0.4 is 14.7 Å². The van der Waals surface area contributed by atoms with Gasteiger partial charge in [-0.05, 0) is 79.1 Å². The van der Waals surface area contributed by atoms with Gasteiger partial charge in [0.15, 0.2) is 5.65 Å². The molecule has 0 saturated carbocycles. The van der Waals surface area contributed by atoms with E-state index in [1.807, 2.05) is 59.2 Å². The lowest BCUT2D eigenvalue weighted by atomic mass is 10.0. The molecule has 0 unspecified atom stereocenters. The van der Waals surface area contributed by atoms with Gasteiger partial charge in [0.1, 0.15) is 23.1 Å². The molecule has 7 rings (SSSR count). The smallest absolute Gasteiger partial charge is 0.335 e. The molecule has 1 N–H and O–H groups in total. The molecule has 2 aromatic carbocycles. The van der Waals surface area contributed by atoms with E-state index in [2.05, 4.69) is 19.7 Å². The van der Waals surface area contributed by atoms with Crippen molar-refractivity contribution >= 4 is 28.9 Å². The molecule has 2 aliphatic heterocycles. The van der Waals surface area contributed by atoms with Gasteiger partial charge >= 0.3 is 5.97 Å². The lowest BCUT2D eigenvalue weighted by Gasteiger charge is -2.36. The first-order valence-electron chi connectivity index (χ1n) is 14.2. The van der Waals surface area contributed by atoms with Gasteiger partial charge in [-0.15, -0.1) is 5.10 Å². The van der Waals surface area contributed by atoms with Crippen LogP contribution in [0.15, 0.2) is 85.1 Å². The molecule has 0 bridgehead atoms. The van der Waals surface area contributed by atoms with Crippen LogP contribution in [0.5, 0.6) is 0 Å². The van der Waals surface area contributed by atoms with Crippen molar-refractivity contribution in [2.24, 2.45) is 0 Å². The number of hydrogen-bond acceptors (Lipinski definition) is 7. The zero-order valence-electron chi connectivity index (χ0n) is 23.0. The molecule has 1 atom stereocenters. The number of aromatic nitrogens is 4. The summed E-state index contributed by atoms with van der Waals surface area (Å²) in [6.07, 6.45) is 3.78. The quantitative estimate of drug-likeness (QED) is 0.298. The normalized spacial score (nSPS) is 17.3. The Morgan fingerprint density at radius 1 is 0.857 bits per heavy atom. The first-order chi connectivity index (χ1) is 20.5. The molecule has 3 aromatic heterocycles. The molecule has 2 fully saturated rings. The average molecular weight is 564 g/mol. The number of piperazine rings is 1. The van der Waals surface area contributed by atoms with E-state index < -0.39 is 5.97 Å². The minimum absolute atomic E-state index is 0.0767. The number of imidazole rings is 1. The molecule has 0 spiro atoms. The Morgan fingerprint density at radius 3 is 2.43 bits per heavy atom. The van der Waals surface area contributed by atoms with Gasteiger partial charge in [0.05, 0.1) is 23.5 Å². The fourth-order valence-corrected chi connectivity index (χ4v) is 6.04. The number of pyridine rings is 1. The summed E-state index contributed by atoms with van der Waals surface area (Å²) in [6, 6.07) is 23.9. The summed E-state index contributed by atoms with van der Waals surface area (Å²) in [5.74, 6) is 0.586. The Hall–Kier alpha value is -4.99. The molecular weight excluding hydrogens is 533 g/mol. The molecule has 10 heteroatoms. The second kappa shape index (κ2) is 10.8. The van der Waals surface area contributed by atoms with Crippen LogP contribution >= 0.6 is 0 Å². The van der Waals surface area contributed by atoms with E-state index in [1.165, 1.54) is 6.07 Å². The van der Waals surface area contributed by atoms with Crippen molar-refractivity contribution in [1.82, 2.24) is 19.6 Å². The summed E-state index contributed by atoms with van der Waals surface area (Å²) in [7, 11) is 0. The Bertz CT molecular complexity index is 1750. The van der Waals surface area contributed by atoms with Gasteiger partial charge in [-0.3, -0.25) is 0 Å². The Kier molecular flexibility index (Phi) is 6.65. The van der Waals surface area contributed by atoms with Crippen molar-refractivity contribution in [3.8, 4) is 11.4 Å². The van der Waals surface area contributed by atoms with Crippen molar-refractivity contribution in [2.45, 2.75) is 18.9 Å². The fraction of sp³-hybridized carbons (Fsp3) is 0.250. The standard InChI is InChI=1S/C32H30FN7O2/c33-24-5-1-4-23(20-24)27-7-3-15-39(27)31-14-13-29-34-21-28(40(29)36-31)26-6-2-8-30(35-26)38-18-16-37(17-19-38)25-11-9-22(10-12-25)32(41)42/h1-2,4-6,8-14,20-21,27H,3,7,15-19H2,(H,41,42)/t27-/m1/s1. The van der Waals surface area contributed by atoms with Crippen LogP contribution in [-0.4, -0.2) is 63.4 Å². The zero-order chi connectivity index (χ0) is 28.6. The van der Waals surface area contributed by atoms with Crippen molar-refractivity contribution in [1.29, 1.82) is 0 Å². The van der Waals surface area contributed by atoms with Gasteiger partial charge in [0.2, 0.25) is 0 Å². The maximum Gasteiger partial charge on any atom is 0.335 e. The fourth-order valence-electron chi connectivity index (χ4n) is 6.04. The second-order valence-corrected chi connectivity index (χ2v) is 10.7. The Balaban J connectivity index is 1.11. The molecular formula is C32H30FN7O2. The number of fused-ring (bicyclic) bond motifs is 1. The van der Waals surface area contributed by atoms with Crippen molar-refractivity contribution in [3.63, 3.8) is 0 Å². The lowest BCUT2D eigenvalue weighted by Crippen LogP contribution is -2.46. The largest absolute Gasteiger partial charge is 0.478 e. The summed E-state index contributed by atoms with van der Waals surface area (Å²) in [5.41, 5.74) is 4.62. The van der Waals surface area contributed by atoms with E-state index in [1.54, 1.807) is 24.3 Å². The highest BCUT2D eigenvalue weighted by atomic mass is 19.1. The van der Waals surface area contributed by atoms with Crippen molar-refractivity contribution < 1.29 is 14.3 Å². The lowest BCUT2D eigenvalue weighted by molar-refractivity contribution is 0.0697. The predicted octanol–water partition coefficient (Wildman–Crippen LogP) is 5.30. The van der Waals surface area contributed by atoms with E-state index in [9.17, 15) is 14.3 Å². The highest BCUT2D eigenvalue weighted by molar-refractivity contribution is 5.88. The monoisotopic (exact) mass is 563 g/mol. The van der Waals surface area contributed by atoms with Crippen LogP contribution in [-0.2, 0) is 0 Å². The number of aromatic carboxylic acids is 1. The number of halogens is 1. The number of anilines is 3. The van der Waals surface area contributed by atoms with Crippen LogP contribution in [0.25, 0.3) is 17.0 Å². The minimum atomic E-state index is -0.918. The minimum Gasteiger partial charge on any atom is -0.478 e. The van der Waals surface area contributed by atoms with E-state index in [-0.39, 0.29) is 11.9 Å². The maximum absolute atomic E-state index is 14.0. The van der Waals surface area contributed by atoms with Crippen LogP contribution in [0.4, 0.5) is 21.7 Å². The van der Waals surface area contributed by atoms with Crippen molar-refractivity contribution in [3.05, 3.63) is 102 Å². The molecule has 5 heterocycles. The maximum atomic E-state index is 14.0. The van der Waals surface area contributed by atoms with Gasteiger partial charge in [0, 0.05) is 38.4 Å². The summed E-state index contributed by atoms with van der Waals surface area (Å²) in [4.78, 5) is 27.5. The number of rotatable bonds is 6. The highest BCUT2D eigenvalue weighted by Crippen LogP contribution is 2.36. The van der Waals surface area contributed by atoms with E-state index in [4.69, 9.17) is 10.1 Å². The highest BCUT2D eigenvalue weighted by Gasteiger charge is 2.28. The number of nitrogens with zero attached hydrogens (tertiary/aromatic N) is 7. The summed E-state index contributed by atoms with van der Waals surface area (Å²) >= 11 is 0. The number of carboxylic acid groups (broad SMARTS) is 1. The molecule has 5 aromatic rings. The summed E-state index contributed by atoms with van der Waals surface area (Å²) in [5, 5.41) is 14.2. The molecule has 2 aliphatic rings. The van der Waals surface area contributed by atoms with Gasteiger partial charge < -0.3 is 19.8 Å². The van der Waals surface area contributed by atoms with Gasteiger partial charge in [-0.1, -0.05) is 18.2 Å². The Labute approximate surface area is 242 Å². The second-order valence-electron chi connectivity index (χ2n) is 10.7. The SMILES string of the molecule is O=C(O)c1ccc(N2CCN(c3cccc(-c4cnc5ccc(N6CCC[C@@H]6c6cccc(F)c6)nn45)n3)CC2)cc1. The first-order valence-corrected chi connectivity index (χ1v) is 14.2. The molecule has 212 valence electrons. The predicted molar refractivity (Wildman–Crippen MR) is 160 cm³/mol. The molecule has 0 aliphatic carbocycles. The summed E-state index contributed by atoms with van der Waals surface area (Å²) < 4.78 is 15.8. The van der Waals surface area contributed by atoms with Crippen molar-refractivity contribution in [2.75, 3.05) is 47.4 Å². The molecule has 0 radical (unpaired) electrons. The third-order valence-corrected chi connectivity index (χ3v) is 8.21. The average Bonchev–Trinajstić information content (AvgIpc) is 3.69. The Morgan fingerprint density at radius 2 is 1.64 bits per heavy atom. The third kappa shape index (κ3) is 4.89. The van der Waals surface area contributed by atoms with Gasteiger partial charge in [-0.2, -0.15) is 0 Å². The van der Waals surface area contributed by atoms with Crippen LogP contribution in [0.2, 0.25) is 0 Å². The third-order valence-electron chi connectivity index (χ3n) is 8.21. The van der Waals surface area contributed by atoms with Gasteiger partial charge in [-0.25, -0.2) is 23.7 Å². The van der Waals surface area contributed by atoms with Crippen LogP contribution in [0.3, 0.4) is 0 Å². The van der Waals surface area contributed by atoms with E-state index in [0.717, 1.165) is 85.5 Å². The van der Waals surface area contributed by atoms with Crippen LogP contribution in [0.1, 0.15) is 34.8 Å². The van der Waals surface area contributed by atoms with E-state index in [0.29, 0.717) is 5.56 Å². The van der Waals surface area contributed by atoms with Gasteiger partial charge in [0.25, 0.3) is 0 Å². The topological polar surface area (TPSA) is 90.1 Å². The first kappa shape index (κ1) is 25.9. The number of hydrogen-bond donors (Lipinski definition) is 1. The molecule has 42 heavy (non-hydrogen) atoms. The zero-order valence-corrected chi connectivity index (χ0v) is 23.0. The molecule has 9 nitrogen and oxygen atoms in total. The van der Waals surface area contributed by atoms with Crippen LogP contribution in [0, 0.1) is 5.82 Å². The number of carboxylic acids is 1. The molecule has 0 amide bonds. The molecule has 2 saturated heterocycles. The summed E-state index contributed by atoms with van der Waals surface area (Å²) in [6.45, 7) is 4.06.